The van der Waals surface area contributed by atoms with E-state index in [4.69, 9.17) is 0 Å². The summed E-state index contributed by atoms with van der Waals surface area (Å²) in [4.78, 5) is 23.2. The second-order valence-corrected chi connectivity index (χ2v) is 8.24. The number of anilines is 3. The van der Waals surface area contributed by atoms with Gasteiger partial charge in [-0.2, -0.15) is 0 Å². The first-order chi connectivity index (χ1) is 16.4. The van der Waals surface area contributed by atoms with Crippen molar-refractivity contribution in [2.75, 3.05) is 31.3 Å². The number of phenolic OH excluding ortho intramolecular Hbond substituents is 1. The quantitative estimate of drug-likeness (QED) is 0.337. The Kier molecular flexibility index (Phi) is 6.98. The fraction of sp³-hybridized carbons (Fsp3) is 0.192. The first-order valence-corrected chi connectivity index (χ1v) is 10.9. The average molecular weight is 460 g/mol. The highest BCUT2D eigenvalue weighted by molar-refractivity contribution is 5.99. The molecule has 0 aliphatic heterocycles. The predicted molar refractivity (Wildman–Crippen MR) is 133 cm³/mol. The Bertz CT molecular complexity index is 1330. The molecule has 2 aromatic heterocycles. The highest BCUT2D eigenvalue weighted by Gasteiger charge is 2.14. The van der Waals surface area contributed by atoms with Gasteiger partial charge in [0, 0.05) is 23.6 Å². The zero-order valence-electron chi connectivity index (χ0n) is 19.0. The van der Waals surface area contributed by atoms with Gasteiger partial charge < -0.3 is 20.6 Å². The van der Waals surface area contributed by atoms with Gasteiger partial charge in [-0.1, -0.05) is 18.2 Å². The number of halogens is 1. The molecule has 1 amide bonds. The van der Waals surface area contributed by atoms with Crippen LogP contribution in [0.5, 0.6) is 5.75 Å². The number of pyridine rings is 2. The van der Waals surface area contributed by atoms with E-state index in [1.54, 1.807) is 24.5 Å². The molecule has 0 aliphatic carbocycles. The lowest BCUT2D eigenvalue weighted by atomic mass is 10.1. The zero-order valence-corrected chi connectivity index (χ0v) is 19.0. The van der Waals surface area contributed by atoms with Gasteiger partial charge in [-0.25, -0.2) is 9.37 Å². The summed E-state index contributed by atoms with van der Waals surface area (Å²) >= 11 is 0. The van der Waals surface area contributed by atoms with E-state index in [1.807, 2.05) is 43.3 Å². The molecular weight excluding hydrogens is 433 g/mol. The summed E-state index contributed by atoms with van der Waals surface area (Å²) in [7, 11) is 3.94. The summed E-state index contributed by atoms with van der Waals surface area (Å²) in [6.07, 6.45) is 4.36. The lowest BCUT2D eigenvalue weighted by Crippen LogP contribution is -2.17. The largest absolute Gasteiger partial charge is 0.508 e. The second-order valence-electron chi connectivity index (χ2n) is 8.24. The van der Waals surface area contributed by atoms with Crippen LogP contribution < -0.4 is 10.6 Å². The van der Waals surface area contributed by atoms with E-state index >= 15 is 0 Å². The Morgan fingerprint density at radius 3 is 2.71 bits per heavy atom. The number of benzene rings is 2. The van der Waals surface area contributed by atoms with E-state index in [0.717, 1.165) is 18.4 Å². The summed E-state index contributed by atoms with van der Waals surface area (Å²) in [5, 5.41) is 17.0. The summed E-state index contributed by atoms with van der Waals surface area (Å²) in [5.41, 5.74) is 3.10. The number of aromatic hydroxyl groups is 1. The van der Waals surface area contributed by atoms with Crippen molar-refractivity contribution < 1.29 is 14.3 Å². The van der Waals surface area contributed by atoms with Crippen LogP contribution in [0.1, 0.15) is 12.8 Å². The minimum atomic E-state index is -0.485. The second kappa shape index (κ2) is 10.3. The first kappa shape index (κ1) is 23.1. The van der Waals surface area contributed by atoms with E-state index in [2.05, 4.69) is 20.6 Å². The number of nitrogens with one attached hydrogen (secondary N) is 2. The minimum absolute atomic E-state index is 0.0470. The van der Waals surface area contributed by atoms with Crippen molar-refractivity contribution in [3.63, 3.8) is 0 Å². The molecule has 0 atom stereocenters. The molecule has 0 radical (unpaired) electrons. The number of rotatable bonds is 8. The number of para-hydroxylation sites is 1. The number of fused-ring (bicyclic) bond motifs is 1. The Morgan fingerprint density at radius 2 is 1.88 bits per heavy atom. The van der Waals surface area contributed by atoms with Crippen LogP contribution in [0.2, 0.25) is 0 Å². The van der Waals surface area contributed by atoms with Gasteiger partial charge >= 0.3 is 0 Å². The van der Waals surface area contributed by atoms with Crippen LogP contribution in [0.25, 0.3) is 22.2 Å². The fourth-order valence-electron chi connectivity index (χ4n) is 3.64. The lowest BCUT2D eigenvalue weighted by Gasteiger charge is -2.16. The molecule has 4 aromatic rings. The molecule has 0 aliphatic rings. The molecule has 8 heteroatoms. The molecule has 0 bridgehead atoms. The zero-order chi connectivity index (χ0) is 24.1. The Morgan fingerprint density at radius 1 is 1.06 bits per heavy atom. The van der Waals surface area contributed by atoms with Crippen molar-refractivity contribution in [3.05, 3.63) is 72.8 Å². The van der Waals surface area contributed by atoms with Crippen LogP contribution >= 0.6 is 0 Å². The molecule has 7 nitrogen and oxygen atoms in total. The molecule has 0 saturated carbocycles. The molecule has 0 unspecified atom stereocenters. The van der Waals surface area contributed by atoms with Crippen LogP contribution in [0.15, 0.2) is 67.0 Å². The van der Waals surface area contributed by atoms with Gasteiger partial charge in [0.15, 0.2) is 0 Å². The van der Waals surface area contributed by atoms with Crippen LogP contribution in [-0.4, -0.2) is 46.5 Å². The van der Waals surface area contributed by atoms with Crippen molar-refractivity contribution in [3.8, 4) is 17.0 Å². The van der Waals surface area contributed by atoms with Gasteiger partial charge in [-0.3, -0.25) is 9.78 Å². The average Bonchev–Trinajstić information content (AvgIpc) is 2.81. The Balaban J connectivity index is 1.68. The van der Waals surface area contributed by atoms with Gasteiger partial charge in [0.25, 0.3) is 0 Å². The van der Waals surface area contributed by atoms with Gasteiger partial charge in [-0.15, -0.1) is 0 Å². The van der Waals surface area contributed by atoms with E-state index in [9.17, 15) is 14.3 Å². The smallest absolute Gasteiger partial charge is 0.224 e. The predicted octanol–water partition coefficient (Wildman–Crippen LogP) is 5.17. The van der Waals surface area contributed by atoms with Crippen molar-refractivity contribution in [2.45, 2.75) is 12.8 Å². The van der Waals surface area contributed by atoms with Crippen molar-refractivity contribution in [1.29, 1.82) is 0 Å². The maximum atomic E-state index is 14.5. The van der Waals surface area contributed by atoms with Crippen molar-refractivity contribution >= 4 is 33.9 Å². The minimum Gasteiger partial charge on any atom is -0.508 e. The van der Waals surface area contributed by atoms with Crippen LogP contribution in [0.4, 0.5) is 21.5 Å². The van der Waals surface area contributed by atoms with E-state index in [1.165, 1.54) is 18.2 Å². The maximum Gasteiger partial charge on any atom is 0.224 e. The summed E-state index contributed by atoms with van der Waals surface area (Å²) in [5.74, 6) is -0.629. The molecular formula is C26H26FN5O2. The highest BCUT2D eigenvalue weighted by atomic mass is 19.1. The molecule has 174 valence electrons. The topological polar surface area (TPSA) is 90.4 Å². The van der Waals surface area contributed by atoms with Crippen molar-refractivity contribution in [2.24, 2.45) is 0 Å². The van der Waals surface area contributed by atoms with Crippen molar-refractivity contribution in [1.82, 2.24) is 14.9 Å². The summed E-state index contributed by atoms with van der Waals surface area (Å²) in [6.45, 7) is 0.822. The van der Waals surface area contributed by atoms with Gasteiger partial charge in [0.2, 0.25) is 5.91 Å². The molecule has 0 spiro atoms. The SMILES string of the molecule is CN(C)CCCC(=O)Nc1cnccc1Nc1cc(-c2cc(O)ccc2F)nc2ccccc12. The summed E-state index contributed by atoms with van der Waals surface area (Å²) in [6, 6.07) is 14.8. The van der Waals surface area contributed by atoms with Crippen LogP contribution in [0, 0.1) is 5.82 Å². The fourth-order valence-corrected chi connectivity index (χ4v) is 3.64. The van der Waals surface area contributed by atoms with Gasteiger partial charge in [-0.05, 0) is 63.5 Å². The Hall–Kier alpha value is -4.04. The molecule has 0 saturated heterocycles. The van der Waals surface area contributed by atoms with Gasteiger partial charge in [0.1, 0.15) is 11.6 Å². The lowest BCUT2D eigenvalue weighted by molar-refractivity contribution is -0.116. The van der Waals surface area contributed by atoms with Crippen LogP contribution in [-0.2, 0) is 4.79 Å². The third-order valence-electron chi connectivity index (χ3n) is 5.32. The number of carbonyl (C=O) groups is 1. The maximum absolute atomic E-state index is 14.5. The summed E-state index contributed by atoms with van der Waals surface area (Å²) < 4.78 is 14.5. The third-order valence-corrected chi connectivity index (χ3v) is 5.32. The normalized spacial score (nSPS) is 11.1. The van der Waals surface area contributed by atoms with E-state index < -0.39 is 5.82 Å². The first-order valence-electron chi connectivity index (χ1n) is 10.9. The number of phenols is 1. The monoisotopic (exact) mass is 459 g/mol. The number of aromatic nitrogens is 2. The molecule has 34 heavy (non-hydrogen) atoms. The number of nitrogens with zero attached hydrogens (tertiary/aromatic N) is 3. The van der Waals surface area contributed by atoms with Crippen LogP contribution in [0.3, 0.4) is 0 Å². The number of carbonyl (C=O) groups excluding carboxylic acids is 1. The van der Waals surface area contributed by atoms with Gasteiger partial charge in [0.05, 0.1) is 34.5 Å². The number of hydrogen-bond acceptors (Lipinski definition) is 6. The standard InChI is InChI=1S/C26H26FN5O2/c1-32(2)13-5-8-26(34)31-25-16-28-12-11-22(25)30-23-15-24(19-14-17(33)9-10-20(19)27)29-21-7-4-3-6-18(21)23/h3-4,6-7,9-12,14-16,33H,5,8,13H2,1-2H3,(H,31,34)(H,28,29,30). The molecule has 0 fully saturated rings. The Labute approximate surface area is 197 Å². The molecule has 4 rings (SSSR count). The van der Waals surface area contributed by atoms with E-state index in [0.29, 0.717) is 34.7 Å². The van der Waals surface area contributed by atoms with E-state index in [-0.39, 0.29) is 17.2 Å². The molecule has 3 N–H and O–H groups in total. The number of hydrogen-bond donors (Lipinski definition) is 3. The number of amides is 1. The molecule has 2 aromatic carbocycles. The highest BCUT2D eigenvalue weighted by Crippen LogP contribution is 2.34. The molecule has 2 heterocycles. The third kappa shape index (κ3) is 5.47.